The van der Waals surface area contributed by atoms with Gasteiger partial charge in [-0.25, -0.2) is 8.42 Å². The Morgan fingerprint density at radius 2 is 1.90 bits per heavy atom. The number of nitrogens with zero attached hydrogens (tertiary/aromatic N) is 1. The number of aryl methyl sites for hydroxylation is 1. The molecule has 0 atom stereocenters. The summed E-state index contributed by atoms with van der Waals surface area (Å²) >= 11 is 4.62. The number of sulfonamides is 1. The molecule has 0 bridgehead atoms. The van der Waals surface area contributed by atoms with E-state index >= 15 is 0 Å². The van der Waals surface area contributed by atoms with Crippen LogP contribution in [0, 0.1) is 6.92 Å². The third-order valence-electron chi connectivity index (χ3n) is 3.12. The first kappa shape index (κ1) is 16.6. The first-order valence-electron chi connectivity index (χ1n) is 6.25. The minimum absolute atomic E-state index is 0.231. The first-order valence-corrected chi connectivity index (χ1v) is 9.36. The molecule has 114 valence electrons. The van der Waals surface area contributed by atoms with E-state index in [0.717, 1.165) is 10.0 Å². The van der Waals surface area contributed by atoms with E-state index in [0.29, 0.717) is 10.4 Å². The SMILES string of the molecule is Cc1csc(CO)c1S(=O)(=O)N(C)Cc1ccc(Br)cc1. The van der Waals surface area contributed by atoms with Crippen LogP contribution < -0.4 is 0 Å². The summed E-state index contributed by atoms with van der Waals surface area (Å²) in [6.45, 7) is 1.77. The maximum Gasteiger partial charge on any atom is 0.244 e. The van der Waals surface area contributed by atoms with Gasteiger partial charge < -0.3 is 5.11 Å². The van der Waals surface area contributed by atoms with Gasteiger partial charge in [-0.1, -0.05) is 28.1 Å². The third kappa shape index (κ3) is 3.54. The number of hydrogen-bond acceptors (Lipinski definition) is 4. The van der Waals surface area contributed by atoms with Gasteiger partial charge in [-0.2, -0.15) is 4.31 Å². The van der Waals surface area contributed by atoms with Gasteiger partial charge in [-0.3, -0.25) is 0 Å². The lowest BCUT2D eigenvalue weighted by Crippen LogP contribution is -2.27. The standard InChI is InChI=1S/C14H16BrNO3S2/c1-10-9-20-13(8-17)14(10)21(18,19)16(2)7-11-3-5-12(15)6-4-11/h3-6,9,17H,7-8H2,1-2H3. The van der Waals surface area contributed by atoms with Crippen LogP contribution in [0.15, 0.2) is 39.0 Å². The predicted octanol–water partition coefficient (Wildman–Crippen LogP) is 3.13. The fourth-order valence-corrected chi connectivity index (χ4v) is 5.06. The Labute approximate surface area is 137 Å². The average Bonchev–Trinajstić information content (AvgIpc) is 2.83. The molecular weight excluding hydrogens is 374 g/mol. The van der Waals surface area contributed by atoms with Gasteiger partial charge >= 0.3 is 0 Å². The van der Waals surface area contributed by atoms with Crippen LogP contribution in [-0.2, 0) is 23.2 Å². The molecule has 2 rings (SSSR count). The molecule has 0 aliphatic rings. The van der Waals surface area contributed by atoms with Crippen LogP contribution in [0.3, 0.4) is 0 Å². The zero-order valence-electron chi connectivity index (χ0n) is 11.7. The lowest BCUT2D eigenvalue weighted by molar-refractivity contribution is 0.282. The topological polar surface area (TPSA) is 57.6 Å². The minimum atomic E-state index is -3.61. The minimum Gasteiger partial charge on any atom is -0.391 e. The zero-order valence-corrected chi connectivity index (χ0v) is 14.9. The summed E-state index contributed by atoms with van der Waals surface area (Å²) in [6, 6.07) is 7.52. The van der Waals surface area contributed by atoms with Crippen molar-refractivity contribution >= 4 is 37.3 Å². The van der Waals surface area contributed by atoms with Crippen molar-refractivity contribution in [1.29, 1.82) is 0 Å². The molecule has 0 saturated heterocycles. The summed E-state index contributed by atoms with van der Waals surface area (Å²) in [5.41, 5.74) is 1.58. The second-order valence-electron chi connectivity index (χ2n) is 4.72. The molecule has 0 aliphatic carbocycles. The van der Waals surface area contributed by atoms with Crippen molar-refractivity contribution in [3.8, 4) is 0 Å². The van der Waals surface area contributed by atoms with E-state index in [9.17, 15) is 13.5 Å². The molecule has 0 amide bonds. The monoisotopic (exact) mass is 389 g/mol. The van der Waals surface area contributed by atoms with Crippen molar-refractivity contribution in [3.63, 3.8) is 0 Å². The summed E-state index contributed by atoms with van der Waals surface area (Å²) in [5, 5.41) is 11.1. The Hall–Kier alpha value is -0.730. The summed E-state index contributed by atoms with van der Waals surface area (Å²) in [7, 11) is -2.05. The smallest absolute Gasteiger partial charge is 0.244 e. The van der Waals surface area contributed by atoms with E-state index < -0.39 is 10.0 Å². The Bertz CT molecular complexity index is 723. The van der Waals surface area contributed by atoms with Gasteiger partial charge in [0.05, 0.1) is 11.5 Å². The van der Waals surface area contributed by atoms with Crippen LogP contribution in [0.25, 0.3) is 0 Å². The van der Waals surface area contributed by atoms with Crippen molar-refractivity contribution in [2.24, 2.45) is 0 Å². The molecule has 7 heteroatoms. The van der Waals surface area contributed by atoms with Crippen molar-refractivity contribution in [1.82, 2.24) is 4.31 Å². The molecule has 0 fully saturated rings. The Kier molecular flexibility index (Phi) is 5.21. The van der Waals surface area contributed by atoms with Crippen LogP contribution in [0.4, 0.5) is 0 Å². The number of benzene rings is 1. The maximum atomic E-state index is 12.7. The number of aliphatic hydroxyl groups excluding tert-OH is 1. The molecule has 1 aromatic carbocycles. The fraction of sp³-hybridized carbons (Fsp3) is 0.286. The summed E-state index contributed by atoms with van der Waals surface area (Å²) in [6.07, 6.45) is 0. The molecule has 0 aliphatic heterocycles. The van der Waals surface area contributed by atoms with Gasteiger partial charge in [-0.05, 0) is 35.6 Å². The van der Waals surface area contributed by atoms with Gasteiger partial charge in [0.15, 0.2) is 0 Å². The van der Waals surface area contributed by atoms with Crippen molar-refractivity contribution < 1.29 is 13.5 Å². The molecule has 0 radical (unpaired) electrons. The van der Waals surface area contributed by atoms with E-state index in [2.05, 4.69) is 15.9 Å². The van der Waals surface area contributed by atoms with Crippen molar-refractivity contribution in [2.45, 2.75) is 25.0 Å². The highest BCUT2D eigenvalue weighted by atomic mass is 79.9. The third-order valence-corrected chi connectivity index (χ3v) is 6.90. The number of rotatable bonds is 5. The van der Waals surface area contributed by atoms with Gasteiger partial charge in [-0.15, -0.1) is 11.3 Å². The van der Waals surface area contributed by atoms with Crippen molar-refractivity contribution in [3.05, 3.63) is 50.1 Å². The molecule has 21 heavy (non-hydrogen) atoms. The molecule has 2 aromatic rings. The quantitative estimate of drug-likeness (QED) is 0.854. The van der Waals surface area contributed by atoms with Crippen molar-refractivity contribution in [2.75, 3.05) is 7.05 Å². The van der Waals surface area contributed by atoms with E-state index in [1.54, 1.807) is 19.4 Å². The Morgan fingerprint density at radius 3 is 2.48 bits per heavy atom. The molecule has 0 unspecified atom stereocenters. The van der Waals surface area contributed by atoms with Crippen LogP contribution >= 0.6 is 27.3 Å². The van der Waals surface area contributed by atoms with E-state index in [-0.39, 0.29) is 18.0 Å². The lowest BCUT2D eigenvalue weighted by atomic mass is 10.2. The molecule has 4 nitrogen and oxygen atoms in total. The van der Waals surface area contributed by atoms with Crippen LogP contribution in [-0.4, -0.2) is 24.9 Å². The van der Waals surface area contributed by atoms with Crippen LogP contribution in [0.2, 0.25) is 0 Å². The van der Waals surface area contributed by atoms with Gasteiger partial charge in [0, 0.05) is 18.1 Å². The Balaban J connectivity index is 2.30. The molecule has 1 N–H and O–H groups in total. The fourth-order valence-electron chi connectivity index (χ4n) is 2.03. The molecule has 1 aromatic heterocycles. The molecular formula is C14H16BrNO3S2. The number of halogens is 1. The second kappa shape index (κ2) is 6.58. The molecule has 0 spiro atoms. The molecule has 0 saturated carbocycles. The highest BCUT2D eigenvalue weighted by Gasteiger charge is 2.27. The number of aliphatic hydroxyl groups is 1. The molecule has 1 heterocycles. The summed E-state index contributed by atoms with van der Waals surface area (Å²) in [5.74, 6) is 0. The van der Waals surface area contributed by atoms with Crippen LogP contribution in [0.1, 0.15) is 16.0 Å². The summed E-state index contributed by atoms with van der Waals surface area (Å²) < 4.78 is 27.6. The normalized spacial score (nSPS) is 12.0. The lowest BCUT2D eigenvalue weighted by Gasteiger charge is -2.18. The first-order chi connectivity index (χ1) is 9.86. The van der Waals surface area contributed by atoms with Gasteiger partial charge in [0.2, 0.25) is 10.0 Å². The second-order valence-corrected chi connectivity index (χ2v) is 8.58. The number of thiophene rings is 1. The highest BCUT2D eigenvalue weighted by Crippen LogP contribution is 2.29. The largest absolute Gasteiger partial charge is 0.391 e. The maximum absolute atomic E-state index is 12.7. The van der Waals surface area contributed by atoms with Gasteiger partial charge in [0.25, 0.3) is 0 Å². The van der Waals surface area contributed by atoms with E-state index in [1.165, 1.54) is 15.6 Å². The Morgan fingerprint density at radius 1 is 1.29 bits per heavy atom. The summed E-state index contributed by atoms with van der Waals surface area (Å²) in [4.78, 5) is 0.713. The predicted molar refractivity (Wildman–Crippen MR) is 87.8 cm³/mol. The van der Waals surface area contributed by atoms with E-state index in [1.807, 2.05) is 24.3 Å². The average molecular weight is 390 g/mol. The number of hydrogen-bond donors (Lipinski definition) is 1. The van der Waals surface area contributed by atoms with E-state index in [4.69, 9.17) is 0 Å². The highest BCUT2D eigenvalue weighted by molar-refractivity contribution is 9.10. The zero-order chi connectivity index (χ0) is 15.6. The van der Waals surface area contributed by atoms with Crippen LogP contribution in [0.5, 0.6) is 0 Å². The van der Waals surface area contributed by atoms with Gasteiger partial charge in [0.1, 0.15) is 4.90 Å².